The Labute approximate surface area is 90.6 Å². The molecule has 84 valence electrons. The van der Waals surface area contributed by atoms with E-state index in [2.05, 4.69) is 0 Å². The minimum atomic E-state index is -3.37. The van der Waals surface area contributed by atoms with Gasteiger partial charge in [0.05, 0.1) is 12.8 Å². The molecule has 0 bridgehead atoms. The lowest BCUT2D eigenvalue weighted by atomic mass is 10.1. The first kappa shape index (κ1) is 12.4. The average molecular weight is 228 g/mol. The summed E-state index contributed by atoms with van der Waals surface area (Å²) in [6.07, 6.45) is 0.762. The normalized spacial score (nSPS) is 14.9. The number of hydrogen-bond acceptors (Lipinski definition) is 2. The van der Waals surface area contributed by atoms with Gasteiger partial charge in [0.1, 0.15) is 0 Å². The first-order valence-electron chi connectivity index (χ1n) is 5.05. The summed E-state index contributed by atoms with van der Waals surface area (Å²) in [6.45, 7) is 4.01. The minimum absolute atomic E-state index is 0.184. The average Bonchev–Trinajstić information content (AvgIpc) is 2.17. The van der Waals surface area contributed by atoms with E-state index in [1.165, 1.54) is 5.56 Å². The fraction of sp³-hybridized carbons (Fsp3) is 0.455. The molecule has 0 aromatic heterocycles. The second-order valence-electron chi connectivity index (χ2n) is 3.51. The van der Waals surface area contributed by atoms with Gasteiger partial charge in [-0.1, -0.05) is 29.8 Å². The van der Waals surface area contributed by atoms with Crippen LogP contribution >= 0.6 is 7.60 Å². The third kappa shape index (κ3) is 4.61. The van der Waals surface area contributed by atoms with Crippen LogP contribution in [0.5, 0.6) is 0 Å². The number of aryl methyl sites for hydroxylation is 2. The van der Waals surface area contributed by atoms with Crippen LogP contribution in [0.3, 0.4) is 0 Å². The maximum absolute atomic E-state index is 11.4. The van der Waals surface area contributed by atoms with E-state index in [1.54, 1.807) is 6.92 Å². The summed E-state index contributed by atoms with van der Waals surface area (Å²) in [4.78, 5) is 9.36. The molecule has 0 saturated heterocycles. The summed E-state index contributed by atoms with van der Waals surface area (Å²) in [6, 6.07) is 7.94. The highest BCUT2D eigenvalue weighted by molar-refractivity contribution is 7.52. The molecule has 1 unspecified atom stereocenters. The topological polar surface area (TPSA) is 46.5 Å². The standard InChI is InChI=1S/C11H17O3P/c1-3-14-15(12,13)9-8-11-6-4-10(2)5-7-11/h4-7H,3,8-9H2,1-2H3,(H,12,13). The molecule has 1 aromatic rings. The molecule has 4 heteroatoms. The zero-order valence-corrected chi connectivity index (χ0v) is 10.0. The highest BCUT2D eigenvalue weighted by Crippen LogP contribution is 2.41. The second kappa shape index (κ2) is 5.45. The van der Waals surface area contributed by atoms with E-state index < -0.39 is 7.60 Å². The summed E-state index contributed by atoms with van der Waals surface area (Å²) in [7, 11) is -3.37. The number of rotatable bonds is 5. The molecule has 1 rings (SSSR count). The van der Waals surface area contributed by atoms with Gasteiger partial charge in [0.25, 0.3) is 0 Å². The summed E-state index contributed by atoms with van der Waals surface area (Å²) < 4.78 is 16.2. The fourth-order valence-corrected chi connectivity index (χ4v) is 2.36. The van der Waals surface area contributed by atoms with Crippen LogP contribution in [-0.2, 0) is 15.5 Å². The maximum Gasteiger partial charge on any atom is 0.328 e. The molecule has 0 amide bonds. The van der Waals surface area contributed by atoms with Crippen molar-refractivity contribution in [1.82, 2.24) is 0 Å². The Balaban J connectivity index is 2.50. The van der Waals surface area contributed by atoms with Crippen molar-refractivity contribution in [3.05, 3.63) is 35.4 Å². The van der Waals surface area contributed by atoms with E-state index in [0.717, 1.165) is 5.56 Å². The molecule has 15 heavy (non-hydrogen) atoms. The van der Waals surface area contributed by atoms with Crippen LogP contribution in [0.4, 0.5) is 0 Å². The smallest absolute Gasteiger partial charge is 0.324 e. The minimum Gasteiger partial charge on any atom is -0.324 e. The lowest BCUT2D eigenvalue weighted by molar-refractivity contribution is 0.274. The predicted molar refractivity (Wildman–Crippen MR) is 61.2 cm³/mol. The zero-order valence-electron chi connectivity index (χ0n) is 9.14. The van der Waals surface area contributed by atoms with Gasteiger partial charge in [-0.05, 0) is 25.8 Å². The Bertz CT molecular complexity index is 345. The van der Waals surface area contributed by atoms with E-state index >= 15 is 0 Å². The van der Waals surface area contributed by atoms with Crippen LogP contribution in [0.25, 0.3) is 0 Å². The second-order valence-corrected chi connectivity index (χ2v) is 5.49. The molecule has 0 radical (unpaired) electrons. The van der Waals surface area contributed by atoms with Gasteiger partial charge < -0.3 is 9.42 Å². The highest BCUT2D eigenvalue weighted by atomic mass is 31.2. The van der Waals surface area contributed by atoms with Gasteiger partial charge in [-0.3, -0.25) is 4.57 Å². The Hall–Kier alpha value is -0.630. The molecule has 0 heterocycles. The van der Waals surface area contributed by atoms with Crippen molar-refractivity contribution < 1.29 is 14.0 Å². The van der Waals surface area contributed by atoms with E-state index in [-0.39, 0.29) is 12.8 Å². The van der Waals surface area contributed by atoms with E-state index in [1.807, 2.05) is 31.2 Å². The van der Waals surface area contributed by atoms with Gasteiger partial charge in [0.2, 0.25) is 0 Å². The molecule has 0 aliphatic rings. The number of hydrogen-bond donors (Lipinski definition) is 1. The van der Waals surface area contributed by atoms with E-state index in [4.69, 9.17) is 4.52 Å². The van der Waals surface area contributed by atoms with E-state index in [0.29, 0.717) is 6.42 Å². The Morgan fingerprint density at radius 2 is 1.93 bits per heavy atom. The third-order valence-electron chi connectivity index (χ3n) is 2.13. The van der Waals surface area contributed by atoms with Crippen LogP contribution in [-0.4, -0.2) is 17.7 Å². The lowest BCUT2D eigenvalue weighted by Gasteiger charge is -2.10. The molecule has 0 aliphatic heterocycles. The predicted octanol–water partition coefficient (Wildman–Crippen LogP) is 2.76. The summed E-state index contributed by atoms with van der Waals surface area (Å²) in [5.41, 5.74) is 2.25. The first-order chi connectivity index (χ1) is 7.03. The molecule has 0 spiro atoms. The Kier molecular flexibility index (Phi) is 4.52. The number of benzene rings is 1. The molecular weight excluding hydrogens is 211 g/mol. The van der Waals surface area contributed by atoms with Gasteiger partial charge in [-0.15, -0.1) is 0 Å². The van der Waals surface area contributed by atoms with Crippen molar-refractivity contribution in [1.29, 1.82) is 0 Å². The Morgan fingerprint density at radius 1 is 1.33 bits per heavy atom. The van der Waals surface area contributed by atoms with E-state index in [9.17, 15) is 9.46 Å². The van der Waals surface area contributed by atoms with Gasteiger partial charge in [0, 0.05) is 0 Å². The van der Waals surface area contributed by atoms with Crippen LogP contribution in [0.1, 0.15) is 18.1 Å². The molecule has 0 fully saturated rings. The third-order valence-corrected chi connectivity index (χ3v) is 3.58. The summed E-state index contributed by atoms with van der Waals surface area (Å²) in [5.74, 6) is 0. The van der Waals surface area contributed by atoms with Crippen LogP contribution < -0.4 is 0 Å². The van der Waals surface area contributed by atoms with Crippen LogP contribution in [0.2, 0.25) is 0 Å². The molecule has 0 aliphatic carbocycles. The first-order valence-corrected chi connectivity index (χ1v) is 6.81. The van der Waals surface area contributed by atoms with Crippen molar-refractivity contribution in [2.75, 3.05) is 12.8 Å². The SMILES string of the molecule is CCOP(=O)(O)CCc1ccc(C)cc1. The van der Waals surface area contributed by atoms with Crippen molar-refractivity contribution in [3.63, 3.8) is 0 Å². The van der Waals surface area contributed by atoms with Crippen LogP contribution in [0, 0.1) is 6.92 Å². The monoisotopic (exact) mass is 228 g/mol. The van der Waals surface area contributed by atoms with Gasteiger partial charge >= 0.3 is 7.60 Å². The van der Waals surface area contributed by atoms with Gasteiger partial charge in [-0.25, -0.2) is 0 Å². The molecule has 0 saturated carbocycles. The quantitative estimate of drug-likeness (QED) is 0.788. The highest BCUT2D eigenvalue weighted by Gasteiger charge is 2.17. The maximum atomic E-state index is 11.4. The summed E-state index contributed by atoms with van der Waals surface area (Å²) >= 11 is 0. The van der Waals surface area contributed by atoms with Crippen molar-refractivity contribution in [2.24, 2.45) is 0 Å². The molecule has 3 nitrogen and oxygen atoms in total. The van der Waals surface area contributed by atoms with Crippen molar-refractivity contribution in [3.8, 4) is 0 Å². The lowest BCUT2D eigenvalue weighted by Crippen LogP contribution is -1.98. The fourth-order valence-electron chi connectivity index (χ4n) is 1.29. The Morgan fingerprint density at radius 3 is 2.47 bits per heavy atom. The summed E-state index contributed by atoms with van der Waals surface area (Å²) in [5, 5.41) is 0. The van der Waals surface area contributed by atoms with Crippen LogP contribution in [0.15, 0.2) is 24.3 Å². The zero-order chi connectivity index (χ0) is 11.3. The van der Waals surface area contributed by atoms with Gasteiger partial charge in [0.15, 0.2) is 0 Å². The molecular formula is C11H17O3P. The van der Waals surface area contributed by atoms with Crippen molar-refractivity contribution in [2.45, 2.75) is 20.3 Å². The van der Waals surface area contributed by atoms with Gasteiger partial charge in [-0.2, -0.15) is 0 Å². The largest absolute Gasteiger partial charge is 0.328 e. The molecule has 1 aromatic carbocycles. The molecule has 1 N–H and O–H groups in total. The van der Waals surface area contributed by atoms with Crippen molar-refractivity contribution >= 4 is 7.60 Å². The molecule has 1 atom stereocenters.